The van der Waals surface area contributed by atoms with Gasteiger partial charge in [0.2, 0.25) is 0 Å². The van der Waals surface area contributed by atoms with Gasteiger partial charge in [-0.1, -0.05) is 18.2 Å². The van der Waals surface area contributed by atoms with Crippen LogP contribution in [0.2, 0.25) is 0 Å². The molecule has 3 heteroatoms. The average molecular weight is 290 g/mol. The highest BCUT2D eigenvalue weighted by atomic mass is 19.1. The molecule has 0 spiro atoms. The standard InChI is InChI=1S/C18H25FN2/c19-17-4-2-1-3-16(17)13-20-7-9-21(10-8-20)18-12-14-5-6-15(18)11-14/h1-4,14-15,18H,5-13H2/p+2/t14-,15+,18-/m1/s1. The summed E-state index contributed by atoms with van der Waals surface area (Å²) >= 11 is 0. The van der Waals surface area contributed by atoms with Crippen LogP contribution in [0.1, 0.15) is 31.2 Å². The van der Waals surface area contributed by atoms with Crippen LogP contribution in [0.25, 0.3) is 0 Å². The Morgan fingerprint density at radius 3 is 2.48 bits per heavy atom. The van der Waals surface area contributed by atoms with Crippen molar-refractivity contribution in [1.29, 1.82) is 0 Å². The Balaban J connectivity index is 1.32. The van der Waals surface area contributed by atoms with E-state index in [1.807, 2.05) is 17.0 Å². The number of quaternary nitrogens is 2. The van der Waals surface area contributed by atoms with E-state index >= 15 is 0 Å². The minimum atomic E-state index is -0.0344. The van der Waals surface area contributed by atoms with Crippen LogP contribution in [0.3, 0.4) is 0 Å². The summed E-state index contributed by atoms with van der Waals surface area (Å²) in [6, 6.07) is 8.22. The smallest absolute Gasteiger partial charge is 0.132 e. The molecule has 21 heavy (non-hydrogen) atoms. The van der Waals surface area contributed by atoms with Crippen molar-refractivity contribution in [3.8, 4) is 0 Å². The number of halogens is 1. The zero-order valence-corrected chi connectivity index (χ0v) is 12.8. The van der Waals surface area contributed by atoms with Crippen LogP contribution in [0.5, 0.6) is 0 Å². The van der Waals surface area contributed by atoms with E-state index in [1.54, 1.807) is 17.0 Å². The maximum atomic E-state index is 13.8. The van der Waals surface area contributed by atoms with Crippen LogP contribution in [0.15, 0.2) is 24.3 Å². The summed E-state index contributed by atoms with van der Waals surface area (Å²) in [7, 11) is 0. The molecule has 114 valence electrons. The largest absolute Gasteiger partial charge is 0.323 e. The molecule has 0 amide bonds. The summed E-state index contributed by atoms with van der Waals surface area (Å²) < 4.78 is 13.8. The molecule has 2 bridgehead atoms. The first-order valence-electron chi connectivity index (χ1n) is 8.71. The normalized spacial score (nSPS) is 38.8. The molecule has 0 aromatic heterocycles. The molecule has 1 aliphatic heterocycles. The van der Waals surface area contributed by atoms with Crippen molar-refractivity contribution < 1.29 is 14.2 Å². The monoisotopic (exact) mass is 290 g/mol. The molecular weight excluding hydrogens is 263 g/mol. The van der Waals surface area contributed by atoms with Gasteiger partial charge in [0, 0.05) is 17.9 Å². The van der Waals surface area contributed by atoms with Crippen LogP contribution in [-0.2, 0) is 6.54 Å². The molecule has 2 N–H and O–H groups in total. The van der Waals surface area contributed by atoms with Gasteiger partial charge in [0.05, 0.1) is 6.04 Å². The fourth-order valence-electron chi connectivity index (χ4n) is 5.13. The van der Waals surface area contributed by atoms with Gasteiger partial charge in [-0.2, -0.15) is 0 Å². The van der Waals surface area contributed by atoms with Crippen molar-refractivity contribution in [3.63, 3.8) is 0 Å². The lowest BCUT2D eigenvalue weighted by Crippen LogP contribution is -3.29. The Kier molecular flexibility index (Phi) is 3.72. The van der Waals surface area contributed by atoms with Crippen LogP contribution in [0, 0.1) is 17.7 Å². The first-order valence-corrected chi connectivity index (χ1v) is 8.71. The van der Waals surface area contributed by atoms with Crippen molar-refractivity contribution in [3.05, 3.63) is 35.6 Å². The molecule has 0 radical (unpaired) electrons. The quantitative estimate of drug-likeness (QED) is 0.792. The third-order valence-corrected chi connectivity index (χ3v) is 6.26. The van der Waals surface area contributed by atoms with Gasteiger partial charge in [0.1, 0.15) is 38.5 Å². The van der Waals surface area contributed by atoms with Crippen LogP contribution < -0.4 is 9.80 Å². The van der Waals surface area contributed by atoms with E-state index in [0.29, 0.717) is 0 Å². The molecule has 2 saturated carbocycles. The second-order valence-corrected chi connectivity index (χ2v) is 7.46. The van der Waals surface area contributed by atoms with Gasteiger partial charge in [-0.15, -0.1) is 0 Å². The molecule has 2 nitrogen and oxygen atoms in total. The second-order valence-electron chi connectivity index (χ2n) is 7.46. The Hall–Kier alpha value is -0.930. The number of piperazine rings is 1. The zero-order chi connectivity index (χ0) is 14.2. The lowest BCUT2D eigenvalue weighted by molar-refractivity contribution is -1.03. The fourth-order valence-corrected chi connectivity index (χ4v) is 5.13. The molecule has 1 heterocycles. The summed E-state index contributed by atoms with van der Waals surface area (Å²) in [6.07, 6.45) is 5.99. The first kappa shape index (κ1) is 13.7. The minimum Gasteiger partial charge on any atom is -0.323 e. The van der Waals surface area contributed by atoms with Gasteiger partial charge in [-0.3, -0.25) is 0 Å². The Bertz CT molecular complexity index is 496. The molecule has 1 aromatic carbocycles. The second kappa shape index (κ2) is 5.69. The van der Waals surface area contributed by atoms with Gasteiger partial charge >= 0.3 is 0 Å². The highest BCUT2D eigenvalue weighted by Gasteiger charge is 2.46. The maximum absolute atomic E-state index is 13.8. The van der Waals surface area contributed by atoms with E-state index in [0.717, 1.165) is 30.0 Å². The van der Waals surface area contributed by atoms with E-state index in [1.165, 1.54) is 51.9 Å². The molecule has 2 aliphatic carbocycles. The highest BCUT2D eigenvalue weighted by molar-refractivity contribution is 5.15. The van der Waals surface area contributed by atoms with Gasteiger partial charge in [0.25, 0.3) is 0 Å². The zero-order valence-electron chi connectivity index (χ0n) is 12.8. The number of hydrogen-bond donors (Lipinski definition) is 2. The third-order valence-electron chi connectivity index (χ3n) is 6.26. The molecule has 0 unspecified atom stereocenters. The van der Waals surface area contributed by atoms with E-state index < -0.39 is 0 Å². The predicted octanol–water partition coefficient (Wildman–Crippen LogP) is 0.298. The SMILES string of the molecule is Fc1ccccc1C[NH+]1CC[NH+]([C@@H]2C[C@@H]3CC[C@H]2C3)CC1. The van der Waals surface area contributed by atoms with E-state index in [-0.39, 0.29) is 5.82 Å². The highest BCUT2D eigenvalue weighted by Crippen LogP contribution is 2.43. The number of hydrogen-bond acceptors (Lipinski definition) is 0. The van der Waals surface area contributed by atoms with Gasteiger partial charge in [-0.25, -0.2) is 4.39 Å². The fraction of sp³-hybridized carbons (Fsp3) is 0.667. The van der Waals surface area contributed by atoms with Crippen molar-refractivity contribution in [1.82, 2.24) is 0 Å². The van der Waals surface area contributed by atoms with Crippen LogP contribution in [0.4, 0.5) is 4.39 Å². The number of nitrogens with one attached hydrogen (secondary N) is 2. The number of benzene rings is 1. The third kappa shape index (κ3) is 2.74. The molecule has 3 aliphatic rings. The molecule has 3 atom stereocenters. The van der Waals surface area contributed by atoms with Crippen LogP contribution >= 0.6 is 0 Å². The number of fused-ring (bicyclic) bond motifs is 2. The summed E-state index contributed by atoms with van der Waals surface area (Å²) in [5.74, 6) is 2.04. The molecule has 4 rings (SSSR count). The van der Waals surface area contributed by atoms with Gasteiger partial charge in [-0.05, 0) is 31.2 Å². The summed E-state index contributed by atoms with van der Waals surface area (Å²) in [5, 5.41) is 0. The van der Waals surface area contributed by atoms with Gasteiger partial charge < -0.3 is 9.80 Å². The Morgan fingerprint density at radius 1 is 1.00 bits per heavy atom. The summed E-state index contributed by atoms with van der Waals surface area (Å²) in [6.45, 7) is 5.85. The van der Waals surface area contributed by atoms with Crippen molar-refractivity contribution in [2.24, 2.45) is 11.8 Å². The minimum absolute atomic E-state index is 0.0344. The predicted molar refractivity (Wildman–Crippen MR) is 80.7 cm³/mol. The Morgan fingerprint density at radius 2 is 1.81 bits per heavy atom. The number of rotatable bonds is 3. The Labute approximate surface area is 126 Å². The van der Waals surface area contributed by atoms with E-state index in [4.69, 9.17) is 0 Å². The van der Waals surface area contributed by atoms with Crippen molar-refractivity contribution >= 4 is 0 Å². The summed E-state index contributed by atoms with van der Waals surface area (Å²) in [4.78, 5) is 3.42. The average Bonchev–Trinajstić information content (AvgIpc) is 3.13. The lowest BCUT2D eigenvalue weighted by Gasteiger charge is -2.36. The van der Waals surface area contributed by atoms with Crippen LogP contribution in [-0.4, -0.2) is 32.2 Å². The molecule has 1 saturated heterocycles. The van der Waals surface area contributed by atoms with Crippen molar-refractivity contribution in [2.45, 2.75) is 38.3 Å². The van der Waals surface area contributed by atoms with E-state index in [9.17, 15) is 4.39 Å². The van der Waals surface area contributed by atoms with Crippen molar-refractivity contribution in [2.75, 3.05) is 26.2 Å². The summed E-state index contributed by atoms with van der Waals surface area (Å²) in [5.41, 5.74) is 0.885. The van der Waals surface area contributed by atoms with Gasteiger partial charge in [0.15, 0.2) is 0 Å². The first-order chi connectivity index (χ1) is 10.3. The van der Waals surface area contributed by atoms with E-state index in [2.05, 4.69) is 0 Å². The maximum Gasteiger partial charge on any atom is 0.132 e. The molecule has 1 aromatic rings. The molecular formula is C18H27FN2+2. The molecule has 3 fully saturated rings. The topological polar surface area (TPSA) is 8.88 Å². The lowest BCUT2D eigenvalue weighted by atomic mass is 9.93.